The van der Waals surface area contributed by atoms with Crippen LogP contribution in [0, 0.1) is 6.92 Å². The molecular weight excluding hydrogens is 340 g/mol. The molecule has 0 unspecified atom stereocenters. The second kappa shape index (κ2) is 8.08. The lowest BCUT2D eigenvalue weighted by molar-refractivity contribution is 0.112. The zero-order chi connectivity index (χ0) is 19.4. The highest BCUT2D eigenvalue weighted by Crippen LogP contribution is 2.32. The quantitative estimate of drug-likeness (QED) is 0.598. The van der Waals surface area contributed by atoms with Gasteiger partial charge in [-0.2, -0.15) is 0 Å². The lowest BCUT2D eigenvalue weighted by Gasteiger charge is -2.19. The summed E-state index contributed by atoms with van der Waals surface area (Å²) in [7, 11) is 0. The van der Waals surface area contributed by atoms with Gasteiger partial charge in [0.1, 0.15) is 12.4 Å². The first kappa shape index (κ1) is 18.7. The van der Waals surface area contributed by atoms with E-state index in [9.17, 15) is 9.59 Å². The fourth-order valence-corrected chi connectivity index (χ4v) is 3.23. The van der Waals surface area contributed by atoms with Crippen molar-refractivity contribution in [2.45, 2.75) is 27.4 Å². The molecule has 5 heteroatoms. The predicted molar refractivity (Wildman–Crippen MR) is 107 cm³/mol. The number of aromatic nitrogens is 1. The summed E-state index contributed by atoms with van der Waals surface area (Å²) < 4.78 is 7.59. The van der Waals surface area contributed by atoms with Gasteiger partial charge in [0.15, 0.2) is 6.29 Å². The molecule has 0 N–H and O–H groups in total. The summed E-state index contributed by atoms with van der Waals surface area (Å²) in [6, 6.07) is 13.5. The minimum absolute atomic E-state index is 0.141. The molecule has 0 atom stereocenters. The molecule has 0 radical (unpaired) electrons. The molecule has 0 spiro atoms. The first-order chi connectivity index (χ1) is 13.1. The van der Waals surface area contributed by atoms with E-state index in [1.54, 1.807) is 15.7 Å². The maximum absolute atomic E-state index is 12.9. The molecule has 0 saturated heterocycles. The number of carbonyl (C=O) groups excluding carboxylic acids is 2. The summed E-state index contributed by atoms with van der Waals surface area (Å²) in [5.74, 6) is 0.613. The zero-order valence-corrected chi connectivity index (χ0v) is 15.9. The maximum atomic E-state index is 12.9. The van der Waals surface area contributed by atoms with Crippen molar-refractivity contribution < 1.29 is 14.3 Å². The van der Waals surface area contributed by atoms with E-state index >= 15 is 0 Å². The molecule has 3 rings (SSSR count). The molecule has 27 heavy (non-hydrogen) atoms. The van der Waals surface area contributed by atoms with Crippen LogP contribution < -0.4 is 4.74 Å². The van der Waals surface area contributed by atoms with E-state index in [1.165, 1.54) is 0 Å². The Labute approximate surface area is 159 Å². The van der Waals surface area contributed by atoms with E-state index in [0.29, 0.717) is 41.9 Å². The van der Waals surface area contributed by atoms with Crippen molar-refractivity contribution in [2.24, 2.45) is 0 Å². The number of fused-ring (bicyclic) bond motifs is 1. The van der Waals surface area contributed by atoms with Crippen molar-refractivity contribution in [3.63, 3.8) is 0 Å². The maximum Gasteiger partial charge on any atom is 0.328 e. The number of benzene rings is 2. The molecule has 5 nitrogen and oxygen atoms in total. The minimum Gasteiger partial charge on any atom is -0.488 e. The van der Waals surface area contributed by atoms with E-state index in [4.69, 9.17) is 4.74 Å². The number of amides is 1. The normalized spacial score (nSPS) is 10.8. The molecule has 0 aliphatic heterocycles. The molecule has 1 heterocycles. The number of aldehydes is 1. The fraction of sp³-hybridized carbons (Fsp3) is 0.273. The zero-order valence-electron chi connectivity index (χ0n) is 15.9. The Kier molecular flexibility index (Phi) is 5.60. The van der Waals surface area contributed by atoms with Gasteiger partial charge in [0.05, 0.1) is 10.9 Å². The lowest BCUT2D eigenvalue weighted by Crippen LogP contribution is -2.33. The molecule has 2 aromatic carbocycles. The Morgan fingerprint density at radius 2 is 1.85 bits per heavy atom. The van der Waals surface area contributed by atoms with Gasteiger partial charge in [0, 0.05) is 24.8 Å². The molecule has 0 fully saturated rings. The fourth-order valence-electron chi connectivity index (χ4n) is 3.23. The van der Waals surface area contributed by atoms with Crippen molar-refractivity contribution in [3.8, 4) is 5.75 Å². The van der Waals surface area contributed by atoms with Crippen LogP contribution in [0.25, 0.3) is 10.9 Å². The Balaban J connectivity index is 2.07. The third kappa shape index (κ3) is 3.72. The lowest BCUT2D eigenvalue weighted by atomic mass is 10.1. The number of aryl methyl sites for hydroxylation is 1. The first-order valence-corrected chi connectivity index (χ1v) is 9.15. The van der Waals surface area contributed by atoms with Crippen LogP contribution in [0.2, 0.25) is 0 Å². The second-order valence-corrected chi connectivity index (χ2v) is 6.46. The van der Waals surface area contributed by atoms with Crippen LogP contribution >= 0.6 is 0 Å². The van der Waals surface area contributed by atoms with Crippen LogP contribution in [0.3, 0.4) is 0 Å². The van der Waals surface area contributed by atoms with Gasteiger partial charge in [-0.05, 0) is 44.0 Å². The Morgan fingerprint density at radius 1 is 1.15 bits per heavy atom. The third-order valence-electron chi connectivity index (χ3n) is 4.65. The van der Waals surface area contributed by atoms with Crippen LogP contribution in [0.15, 0.2) is 48.7 Å². The molecular formula is C22H24N2O3. The van der Waals surface area contributed by atoms with Gasteiger partial charge in [-0.1, -0.05) is 30.3 Å². The smallest absolute Gasteiger partial charge is 0.328 e. The number of rotatable bonds is 6. The van der Waals surface area contributed by atoms with E-state index in [0.717, 1.165) is 17.4 Å². The van der Waals surface area contributed by atoms with Crippen LogP contribution in [-0.2, 0) is 6.61 Å². The van der Waals surface area contributed by atoms with E-state index in [2.05, 4.69) is 0 Å². The highest BCUT2D eigenvalue weighted by molar-refractivity contribution is 6.05. The standard InChI is InChI=1S/C22H24N2O3/c1-4-23(5-2)22(26)24-13-18(14-25)21-19(24)11-16(3)12-20(21)27-15-17-9-7-6-8-10-17/h6-14H,4-5,15H2,1-3H3. The van der Waals surface area contributed by atoms with E-state index < -0.39 is 0 Å². The molecule has 1 aromatic heterocycles. The van der Waals surface area contributed by atoms with Gasteiger partial charge in [-0.3, -0.25) is 9.36 Å². The molecule has 0 saturated carbocycles. The average Bonchev–Trinajstić information content (AvgIpc) is 3.06. The highest BCUT2D eigenvalue weighted by Gasteiger charge is 2.20. The summed E-state index contributed by atoms with van der Waals surface area (Å²) >= 11 is 0. The van der Waals surface area contributed by atoms with Crippen LogP contribution in [0.4, 0.5) is 4.79 Å². The van der Waals surface area contributed by atoms with Crippen molar-refractivity contribution in [2.75, 3.05) is 13.1 Å². The molecule has 0 bridgehead atoms. The Hall–Kier alpha value is -3.08. The molecule has 1 amide bonds. The van der Waals surface area contributed by atoms with Gasteiger partial charge in [0.2, 0.25) is 0 Å². The Bertz CT molecular complexity index is 957. The van der Waals surface area contributed by atoms with Gasteiger partial charge in [0.25, 0.3) is 0 Å². The van der Waals surface area contributed by atoms with Crippen molar-refractivity contribution >= 4 is 23.2 Å². The Morgan fingerprint density at radius 3 is 2.48 bits per heavy atom. The minimum atomic E-state index is -0.141. The van der Waals surface area contributed by atoms with Gasteiger partial charge in [-0.25, -0.2) is 4.79 Å². The van der Waals surface area contributed by atoms with Crippen molar-refractivity contribution in [1.29, 1.82) is 0 Å². The number of hydrogen-bond acceptors (Lipinski definition) is 3. The SMILES string of the molecule is CCN(CC)C(=O)n1cc(C=O)c2c(OCc3ccccc3)cc(C)cc21. The topological polar surface area (TPSA) is 51.5 Å². The van der Waals surface area contributed by atoms with Crippen LogP contribution in [0.1, 0.15) is 35.3 Å². The van der Waals surface area contributed by atoms with Crippen molar-refractivity contribution in [3.05, 3.63) is 65.4 Å². The number of hydrogen-bond donors (Lipinski definition) is 0. The molecule has 0 aliphatic carbocycles. The van der Waals surface area contributed by atoms with E-state index in [-0.39, 0.29) is 6.03 Å². The summed E-state index contributed by atoms with van der Waals surface area (Å²) in [6.45, 7) is 7.44. The largest absolute Gasteiger partial charge is 0.488 e. The van der Waals surface area contributed by atoms with Gasteiger partial charge in [-0.15, -0.1) is 0 Å². The predicted octanol–water partition coefficient (Wildman–Crippen LogP) is 4.65. The number of nitrogens with zero attached hydrogens (tertiary/aromatic N) is 2. The first-order valence-electron chi connectivity index (χ1n) is 9.15. The van der Waals surface area contributed by atoms with Gasteiger partial charge < -0.3 is 9.64 Å². The van der Waals surface area contributed by atoms with Crippen LogP contribution in [-0.4, -0.2) is 34.9 Å². The average molecular weight is 364 g/mol. The summed E-state index contributed by atoms with van der Waals surface area (Å²) in [5.41, 5.74) is 3.15. The molecule has 140 valence electrons. The molecule has 3 aromatic rings. The van der Waals surface area contributed by atoms with Crippen molar-refractivity contribution in [1.82, 2.24) is 9.47 Å². The number of carbonyl (C=O) groups is 2. The molecule has 0 aliphatic rings. The van der Waals surface area contributed by atoms with Gasteiger partial charge >= 0.3 is 6.03 Å². The number of ether oxygens (including phenoxy) is 1. The summed E-state index contributed by atoms with van der Waals surface area (Å²) in [5, 5.41) is 0.673. The van der Waals surface area contributed by atoms with E-state index in [1.807, 2.05) is 63.2 Å². The summed E-state index contributed by atoms with van der Waals surface area (Å²) in [4.78, 5) is 26.3. The second-order valence-electron chi connectivity index (χ2n) is 6.46. The highest BCUT2D eigenvalue weighted by atomic mass is 16.5. The summed E-state index contributed by atoms with van der Waals surface area (Å²) in [6.07, 6.45) is 2.38. The monoisotopic (exact) mass is 364 g/mol. The van der Waals surface area contributed by atoms with Crippen LogP contribution in [0.5, 0.6) is 5.75 Å². The third-order valence-corrected chi connectivity index (χ3v) is 4.65.